The summed E-state index contributed by atoms with van der Waals surface area (Å²) in [4.78, 5) is 11.9. The zero-order chi connectivity index (χ0) is 16.7. The van der Waals surface area contributed by atoms with Crippen LogP contribution >= 0.6 is 23.2 Å². The van der Waals surface area contributed by atoms with Crippen LogP contribution in [-0.4, -0.2) is 19.1 Å². The van der Waals surface area contributed by atoms with Crippen molar-refractivity contribution in [2.75, 3.05) is 23.8 Å². The van der Waals surface area contributed by atoms with Gasteiger partial charge in [-0.05, 0) is 43.3 Å². The van der Waals surface area contributed by atoms with Crippen LogP contribution in [0.1, 0.15) is 13.3 Å². The van der Waals surface area contributed by atoms with Gasteiger partial charge in [0.2, 0.25) is 5.91 Å². The molecule has 23 heavy (non-hydrogen) atoms. The van der Waals surface area contributed by atoms with E-state index in [9.17, 15) is 4.79 Å². The first-order valence-corrected chi connectivity index (χ1v) is 8.06. The van der Waals surface area contributed by atoms with Gasteiger partial charge in [0.05, 0.1) is 22.3 Å². The highest BCUT2D eigenvalue weighted by Gasteiger charge is 2.08. The quantitative estimate of drug-likeness (QED) is 0.749. The van der Waals surface area contributed by atoms with Gasteiger partial charge in [-0.1, -0.05) is 29.3 Å². The Hall–Kier alpha value is -1.91. The molecule has 0 aliphatic rings. The molecule has 0 unspecified atom stereocenters. The second kappa shape index (κ2) is 8.65. The lowest BCUT2D eigenvalue weighted by Crippen LogP contribution is -2.16. The van der Waals surface area contributed by atoms with Crippen molar-refractivity contribution in [3.8, 4) is 5.75 Å². The number of hydrogen-bond donors (Lipinski definition) is 2. The summed E-state index contributed by atoms with van der Waals surface area (Å²) in [5.74, 6) is 0.694. The number of carbonyl (C=O) groups excluding carboxylic acids is 1. The minimum absolute atomic E-state index is 0.132. The highest BCUT2D eigenvalue weighted by Crippen LogP contribution is 2.29. The number of anilines is 2. The highest BCUT2D eigenvalue weighted by molar-refractivity contribution is 6.43. The van der Waals surface area contributed by atoms with Crippen LogP contribution in [0.3, 0.4) is 0 Å². The normalized spacial score (nSPS) is 10.2. The maximum absolute atomic E-state index is 11.9. The molecule has 6 heteroatoms. The summed E-state index contributed by atoms with van der Waals surface area (Å²) in [6.07, 6.45) is 0.316. The van der Waals surface area contributed by atoms with Crippen LogP contribution in [0.15, 0.2) is 42.5 Å². The van der Waals surface area contributed by atoms with Crippen LogP contribution < -0.4 is 15.4 Å². The van der Waals surface area contributed by atoms with Crippen LogP contribution in [0.2, 0.25) is 10.0 Å². The molecule has 0 fully saturated rings. The van der Waals surface area contributed by atoms with E-state index in [0.29, 0.717) is 35.3 Å². The number of nitrogens with one attached hydrogen (secondary N) is 2. The molecule has 0 atom stereocenters. The first-order chi connectivity index (χ1) is 11.1. The SMILES string of the molecule is CCOc1ccc(NCCC(=O)Nc2cccc(Cl)c2Cl)cc1. The van der Waals surface area contributed by atoms with Gasteiger partial charge in [-0.3, -0.25) is 4.79 Å². The Bertz CT molecular complexity index is 660. The highest BCUT2D eigenvalue weighted by atomic mass is 35.5. The van der Waals surface area contributed by atoms with Gasteiger partial charge < -0.3 is 15.4 Å². The van der Waals surface area contributed by atoms with E-state index in [-0.39, 0.29) is 5.91 Å². The van der Waals surface area contributed by atoms with Crippen LogP contribution in [-0.2, 0) is 4.79 Å². The molecule has 0 radical (unpaired) electrons. The van der Waals surface area contributed by atoms with Gasteiger partial charge in [-0.2, -0.15) is 0 Å². The zero-order valence-electron chi connectivity index (χ0n) is 12.7. The van der Waals surface area contributed by atoms with Crippen molar-refractivity contribution in [3.63, 3.8) is 0 Å². The van der Waals surface area contributed by atoms with E-state index in [4.69, 9.17) is 27.9 Å². The fourth-order valence-corrected chi connectivity index (χ4v) is 2.32. The lowest BCUT2D eigenvalue weighted by atomic mass is 10.2. The maximum Gasteiger partial charge on any atom is 0.226 e. The average molecular weight is 353 g/mol. The fourth-order valence-electron chi connectivity index (χ4n) is 1.97. The third-order valence-electron chi connectivity index (χ3n) is 3.07. The monoisotopic (exact) mass is 352 g/mol. The lowest BCUT2D eigenvalue weighted by Gasteiger charge is -2.10. The second-order valence-corrected chi connectivity index (χ2v) is 5.57. The first-order valence-electron chi connectivity index (χ1n) is 7.30. The number of rotatable bonds is 7. The molecule has 122 valence electrons. The van der Waals surface area contributed by atoms with Crippen molar-refractivity contribution in [2.45, 2.75) is 13.3 Å². The first kappa shape index (κ1) is 17.4. The Morgan fingerprint density at radius 2 is 1.87 bits per heavy atom. The Labute approximate surface area is 145 Å². The van der Waals surface area contributed by atoms with Crippen molar-refractivity contribution in [1.82, 2.24) is 0 Å². The molecular formula is C17H18Cl2N2O2. The zero-order valence-corrected chi connectivity index (χ0v) is 14.2. The van der Waals surface area contributed by atoms with Gasteiger partial charge in [0.25, 0.3) is 0 Å². The van der Waals surface area contributed by atoms with E-state index in [2.05, 4.69) is 10.6 Å². The van der Waals surface area contributed by atoms with Gasteiger partial charge in [0.1, 0.15) is 5.75 Å². The lowest BCUT2D eigenvalue weighted by molar-refractivity contribution is -0.115. The molecule has 1 amide bonds. The molecule has 2 rings (SSSR count). The molecule has 0 saturated carbocycles. The van der Waals surface area contributed by atoms with E-state index in [0.717, 1.165) is 11.4 Å². The van der Waals surface area contributed by atoms with E-state index < -0.39 is 0 Å². The van der Waals surface area contributed by atoms with Crippen molar-refractivity contribution in [3.05, 3.63) is 52.5 Å². The molecule has 0 aliphatic heterocycles. The summed E-state index contributed by atoms with van der Waals surface area (Å²) in [6.45, 7) is 3.09. The summed E-state index contributed by atoms with van der Waals surface area (Å²) in [5.41, 5.74) is 1.45. The number of hydrogen-bond acceptors (Lipinski definition) is 3. The standard InChI is InChI=1S/C17H18Cl2N2O2/c1-2-23-13-8-6-12(7-9-13)20-11-10-16(22)21-15-5-3-4-14(18)17(15)19/h3-9,20H,2,10-11H2,1H3,(H,21,22). The maximum atomic E-state index is 11.9. The Morgan fingerprint density at radius 1 is 1.13 bits per heavy atom. The van der Waals surface area contributed by atoms with Crippen molar-refractivity contribution < 1.29 is 9.53 Å². The second-order valence-electron chi connectivity index (χ2n) is 4.78. The summed E-state index contributed by atoms with van der Waals surface area (Å²) < 4.78 is 5.38. The molecule has 4 nitrogen and oxygen atoms in total. The summed E-state index contributed by atoms with van der Waals surface area (Å²) >= 11 is 11.9. The van der Waals surface area contributed by atoms with Crippen molar-refractivity contribution in [2.24, 2.45) is 0 Å². The van der Waals surface area contributed by atoms with Gasteiger partial charge >= 0.3 is 0 Å². The molecule has 2 N–H and O–H groups in total. The predicted octanol–water partition coefficient (Wildman–Crippen LogP) is 4.83. The Morgan fingerprint density at radius 3 is 2.57 bits per heavy atom. The number of carbonyl (C=O) groups is 1. The molecule has 2 aromatic rings. The van der Waals surface area contributed by atoms with Crippen LogP contribution in [0.25, 0.3) is 0 Å². The van der Waals surface area contributed by atoms with E-state index in [1.54, 1.807) is 18.2 Å². The summed E-state index contributed by atoms with van der Waals surface area (Å²) in [6, 6.07) is 12.7. The molecule has 2 aromatic carbocycles. The van der Waals surface area contributed by atoms with E-state index in [1.807, 2.05) is 31.2 Å². The summed E-state index contributed by atoms with van der Waals surface area (Å²) in [7, 11) is 0. The third kappa shape index (κ3) is 5.34. The molecular weight excluding hydrogens is 335 g/mol. The van der Waals surface area contributed by atoms with Crippen molar-refractivity contribution in [1.29, 1.82) is 0 Å². The Balaban J connectivity index is 1.79. The Kier molecular flexibility index (Phi) is 6.56. The molecule has 0 aliphatic carbocycles. The van der Waals surface area contributed by atoms with Gasteiger partial charge in [-0.15, -0.1) is 0 Å². The van der Waals surface area contributed by atoms with Crippen LogP contribution in [0, 0.1) is 0 Å². The summed E-state index contributed by atoms with van der Waals surface area (Å²) in [5, 5.41) is 6.69. The van der Waals surface area contributed by atoms with Gasteiger partial charge in [0.15, 0.2) is 0 Å². The number of amides is 1. The molecule has 0 aromatic heterocycles. The number of benzene rings is 2. The van der Waals surface area contributed by atoms with Crippen molar-refractivity contribution >= 4 is 40.5 Å². The minimum atomic E-state index is -0.132. The average Bonchev–Trinajstić information content (AvgIpc) is 2.54. The predicted molar refractivity (Wildman–Crippen MR) is 95.8 cm³/mol. The minimum Gasteiger partial charge on any atom is -0.494 e. The van der Waals surface area contributed by atoms with E-state index in [1.165, 1.54) is 0 Å². The third-order valence-corrected chi connectivity index (χ3v) is 3.89. The largest absolute Gasteiger partial charge is 0.494 e. The van der Waals surface area contributed by atoms with E-state index >= 15 is 0 Å². The topological polar surface area (TPSA) is 50.4 Å². The number of ether oxygens (including phenoxy) is 1. The van der Waals surface area contributed by atoms with Gasteiger partial charge in [0, 0.05) is 18.7 Å². The number of halogens is 2. The van der Waals surface area contributed by atoms with Gasteiger partial charge in [-0.25, -0.2) is 0 Å². The van der Waals surface area contributed by atoms with Crippen LogP contribution in [0.4, 0.5) is 11.4 Å². The molecule has 0 saturated heterocycles. The fraction of sp³-hybridized carbons (Fsp3) is 0.235. The van der Waals surface area contributed by atoms with Crippen LogP contribution in [0.5, 0.6) is 5.75 Å². The molecule has 0 bridgehead atoms. The smallest absolute Gasteiger partial charge is 0.226 e. The molecule has 0 spiro atoms. The molecule has 0 heterocycles.